The maximum Gasteiger partial charge on any atom is 0.291 e. The molecular weight excluding hydrogens is 424 g/mol. The Balaban J connectivity index is 1.43. The molecule has 4 bridgehead atoms. The highest BCUT2D eigenvalue weighted by molar-refractivity contribution is 8.00. The van der Waals surface area contributed by atoms with Crippen LogP contribution in [-0.2, 0) is 0 Å². The molecule has 0 atom stereocenters. The van der Waals surface area contributed by atoms with Crippen molar-refractivity contribution in [1.82, 2.24) is 15.8 Å². The zero-order valence-corrected chi connectivity index (χ0v) is 20.8. The number of aromatic nitrogens is 1. The van der Waals surface area contributed by atoms with Crippen LogP contribution in [0.15, 0.2) is 9.42 Å². The first-order valence-electron chi connectivity index (χ1n) is 12.3. The lowest BCUT2D eigenvalue weighted by molar-refractivity contribution is -0.0124. The van der Waals surface area contributed by atoms with E-state index in [4.69, 9.17) is 15.0 Å². The van der Waals surface area contributed by atoms with Gasteiger partial charge in [0, 0.05) is 36.3 Å². The third-order valence-corrected chi connectivity index (χ3v) is 8.30. The fourth-order valence-electron chi connectivity index (χ4n) is 6.06. The minimum absolute atomic E-state index is 0.101. The van der Waals surface area contributed by atoms with Gasteiger partial charge >= 0.3 is 0 Å². The lowest BCUT2D eigenvalue weighted by Crippen LogP contribution is -2.55. The number of rotatable bonds is 11. The van der Waals surface area contributed by atoms with Gasteiger partial charge in [-0.2, -0.15) is 0 Å². The molecule has 7 nitrogen and oxygen atoms in total. The van der Waals surface area contributed by atoms with Gasteiger partial charge < -0.3 is 25.6 Å². The van der Waals surface area contributed by atoms with Crippen molar-refractivity contribution in [3.8, 4) is 5.88 Å². The van der Waals surface area contributed by atoms with Gasteiger partial charge in [0.25, 0.3) is 11.8 Å². The molecule has 0 spiro atoms. The highest BCUT2D eigenvalue weighted by Gasteiger charge is 2.49. The largest absolute Gasteiger partial charge is 0.474 e. The molecular formula is C24H40N4O3S. The molecule has 0 saturated heterocycles. The van der Waals surface area contributed by atoms with Gasteiger partial charge in [-0.1, -0.05) is 27.7 Å². The summed E-state index contributed by atoms with van der Waals surface area (Å²) in [6, 6.07) is 0.272. The summed E-state index contributed by atoms with van der Waals surface area (Å²) in [7, 11) is 0. The van der Waals surface area contributed by atoms with Crippen LogP contribution in [0.25, 0.3) is 0 Å². The van der Waals surface area contributed by atoms with Crippen LogP contribution in [0.3, 0.4) is 0 Å². The van der Waals surface area contributed by atoms with Gasteiger partial charge in [-0.15, -0.1) is 11.8 Å². The quantitative estimate of drug-likeness (QED) is 0.339. The van der Waals surface area contributed by atoms with E-state index in [0.29, 0.717) is 41.5 Å². The van der Waals surface area contributed by atoms with Gasteiger partial charge in [0.05, 0.1) is 6.61 Å². The van der Waals surface area contributed by atoms with Gasteiger partial charge in [-0.3, -0.25) is 4.79 Å². The lowest BCUT2D eigenvalue weighted by atomic mass is 9.54. The number of nitrogens with two attached hydrogens (primary N) is 1. The van der Waals surface area contributed by atoms with Crippen molar-refractivity contribution in [1.29, 1.82) is 0 Å². The average Bonchev–Trinajstić information content (AvgIpc) is 3.10. The maximum atomic E-state index is 13.3. The van der Waals surface area contributed by atoms with E-state index in [-0.39, 0.29) is 22.6 Å². The minimum Gasteiger partial charge on any atom is -0.474 e. The van der Waals surface area contributed by atoms with Gasteiger partial charge in [-0.25, -0.2) is 0 Å². The van der Waals surface area contributed by atoms with Crippen LogP contribution in [0, 0.1) is 29.1 Å². The first-order chi connectivity index (χ1) is 15.3. The van der Waals surface area contributed by atoms with E-state index >= 15 is 0 Å². The third kappa shape index (κ3) is 5.45. The average molecular weight is 465 g/mol. The van der Waals surface area contributed by atoms with E-state index < -0.39 is 0 Å². The number of hydrogen-bond acceptors (Lipinski definition) is 7. The van der Waals surface area contributed by atoms with Gasteiger partial charge in [-0.05, 0) is 60.9 Å². The van der Waals surface area contributed by atoms with Crippen molar-refractivity contribution in [2.45, 2.75) is 76.0 Å². The number of hydrogen-bond donors (Lipinski definition) is 3. The van der Waals surface area contributed by atoms with E-state index in [1.807, 2.05) is 0 Å². The van der Waals surface area contributed by atoms with Gasteiger partial charge in [0.2, 0.25) is 5.76 Å². The second kappa shape index (κ2) is 9.94. The number of carbonyl (C=O) groups is 1. The fourth-order valence-corrected chi connectivity index (χ4v) is 6.97. The Morgan fingerprint density at radius 2 is 1.88 bits per heavy atom. The summed E-state index contributed by atoms with van der Waals surface area (Å²) in [5.41, 5.74) is 5.47. The van der Waals surface area contributed by atoms with Crippen molar-refractivity contribution < 1.29 is 14.1 Å². The Morgan fingerprint density at radius 3 is 2.47 bits per heavy atom. The zero-order chi connectivity index (χ0) is 22.9. The molecule has 0 radical (unpaired) electrons. The molecule has 4 saturated carbocycles. The van der Waals surface area contributed by atoms with Crippen molar-refractivity contribution in [3.05, 3.63) is 5.76 Å². The number of carbonyl (C=O) groups excluding carboxylic acids is 1. The van der Waals surface area contributed by atoms with Gasteiger partial charge in [0.1, 0.15) is 4.90 Å². The molecule has 4 aliphatic rings. The van der Waals surface area contributed by atoms with Crippen LogP contribution in [-0.4, -0.2) is 48.6 Å². The number of thioether (sulfide) groups is 1. The summed E-state index contributed by atoms with van der Waals surface area (Å²) >= 11 is 1.58. The topological polar surface area (TPSA) is 102 Å². The molecule has 180 valence electrons. The number of ether oxygens (including phenoxy) is 1. The molecule has 4 N–H and O–H groups in total. The SMILES string of the molecule is CC(C)Sc1c(OCC(C)(C)CNCCN)noc1C(=O)NC1C2CC3CC(C2)CC1C3. The molecule has 1 amide bonds. The Bertz CT molecular complexity index is 766. The molecule has 4 aliphatic carbocycles. The predicted octanol–water partition coefficient (Wildman–Crippen LogP) is 3.68. The van der Waals surface area contributed by atoms with E-state index in [2.05, 4.69) is 43.5 Å². The molecule has 8 heteroatoms. The first-order valence-corrected chi connectivity index (χ1v) is 13.1. The third-order valence-electron chi connectivity index (χ3n) is 7.23. The number of nitrogens with one attached hydrogen (secondary N) is 2. The molecule has 32 heavy (non-hydrogen) atoms. The van der Waals surface area contributed by atoms with E-state index in [1.54, 1.807) is 11.8 Å². The van der Waals surface area contributed by atoms with Crippen LogP contribution in [0.1, 0.15) is 70.4 Å². The summed E-state index contributed by atoms with van der Waals surface area (Å²) in [5, 5.41) is 11.1. The van der Waals surface area contributed by atoms with Crippen molar-refractivity contribution in [2.75, 3.05) is 26.2 Å². The Morgan fingerprint density at radius 1 is 1.22 bits per heavy atom. The number of nitrogens with zero attached hydrogens (tertiary/aromatic N) is 1. The smallest absolute Gasteiger partial charge is 0.291 e. The first kappa shape index (κ1) is 23.9. The van der Waals surface area contributed by atoms with Crippen molar-refractivity contribution in [3.63, 3.8) is 0 Å². The van der Waals surface area contributed by atoms with E-state index in [0.717, 1.165) is 24.9 Å². The molecule has 1 aromatic heterocycles. The Labute approximate surface area is 196 Å². The van der Waals surface area contributed by atoms with Crippen LogP contribution in [0.2, 0.25) is 0 Å². The molecule has 4 fully saturated rings. The van der Waals surface area contributed by atoms with Crippen LogP contribution < -0.4 is 21.1 Å². The lowest BCUT2D eigenvalue weighted by Gasteiger charge is -2.54. The van der Waals surface area contributed by atoms with Crippen LogP contribution in [0.4, 0.5) is 0 Å². The fraction of sp³-hybridized carbons (Fsp3) is 0.833. The predicted molar refractivity (Wildman–Crippen MR) is 127 cm³/mol. The van der Waals surface area contributed by atoms with Crippen molar-refractivity contribution >= 4 is 17.7 Å². The zero-order valence-electron chi connectivity index (χ0n) is 20.0. The summed E-state index contributed by atoms with van der Waals surface area (Å²) < 4.78 is 11.6. The van der Waals surface area contributed by atoms with Crippen LogP contribution >= 0.6 is 11.8 Å². The Kier molecular flexibility index (Phi) is 7.42. The normalized spacial score (nSPS) is 29.0. The molecule has 1 heterocycles. The van der Waals surface area contributed by atoms with E-state index in [9.17, 15) is 4.79 Å². The molecule has 0 unspecified atom stereocenters. The molecule has 1 aromatic rings. The molecule has 0 aliphatic heterocycles. The van der Waals surface area contributed by atoms with Crippen LogP contribution in [0.5, 0.6) is 5.88 Å². The summed E-state index contributed by atoms with van der Waals surface area (Å²) in [5.74, 6) is 3.58. The molecule has 0 aromatic carbocycles. The summed E-state index contributed by atoms with van der Waals surface area (Å²) in [6.45, 7) is 11.1. The van der Waals surface area contributed by atoms with Crippen molar-refractivity contribution in [2.24, 2.45) is 34.8 Å². The highest BCUT2D eigenvalue weighted by atomic mass is 32.2. The number of amides is 1. The van der Waals surface area contributed by atoms with Gasteiger partial charge in [0.15, 0.2) is 0 Å². The van der Waals surface area contributed by atoms with E-state index in [1.165, 1.54) is 32.1 Å². The Hall–Kier alpha value is -1.25. The second-order valence-corrected chi connectivity index (χ2v) is 12.7. The second-order valence-electron chi connectivity index (χ2n) is 11.2. The molecule has 5 rings (SSSR count). The minimum atomic E-state index is -0.142. The maximum absolute atomic E-state index is 13.3. The highest BCUT2D eigenvalue weighted by Crippen LogP contribution is 2.53. The monoisotopic (exact) mass is 464 g/mol. The summed E-state index contributed by atoms with van der Waals surface area (Å²) in [4.78, 5) is 14.0. The standard InChI is InChI=1S/C24H40N4O3S/c1-14(2)32-21-20(31-28-23(21)30-13-24(3,4)12-26-6-5-25)22(29)27-19-17-8-15-7-16(10-17)11-18(19)9-15/h14-19,26H,5-13,25H2,1-4H3,(H,27,29). The summed E-state index contributed by atoms with van der Waals surface area (Å²) in [6.07, 6.45) is 6.48.